The van der Waals surface area contributed by atoms with Gasteiger partial charge in [0.25, 0.3) is 0 Å². The van der Waals surface area contributed by atoms with Crippen LogP contribution in [0.2, 0.25) is 0 Å². The Morgan fingerprint density at radius 3 is 2.60 bits per heavy atom. The first-order chi connectivity index (χ1) is 7.24. The zero-order chi connectivity index (χ0) is 10.4. The molecule has 0 aliphatic rings. The predicted molar refractivity (Wildman–Crippen MR) is 63.1 cm³/mol. The average Bonchev–Trinajstić information content (AvgIpc) is 2.58. The minimum absolute atomic E-state index is 1.06. The molecule has 3 rings (SSSR count). The van der Waals surface area contributed by atoms with Gasteiger partial charge in [0.05, 0.1) is 11.0 Å². The van der Waals surface area contributed by atoms with Crippen molar-refractivity contribution in [2.75, 3.05) is 0 Å². The van der Waals surface area contributed by atoms with E-state index in [0.29, 0.717) is 0 Å². The van der Waals surface area contributed by atoms with E-state index in [2.05, 4.69) is 41.2 Å². The monoisotopic (exact) mass is 196 g/mol. The minimum atomic E-state index is 1.06. The summed E-state index contributed by atoms with van der Waals surface area (Å²) in [6.07, 6.45) is 0. The molecule has 0 aliphatic carbocycles. The minimum Gasteiger partial charge on any atom is -0.357 e. The lowest BCUT2D eigenvalue weighted by atomic mass is 10.1. The van der Waals surface area contributed by atoms with Crippen LogP contribution in [0.4, 0.5) is 0 Å². The maximum atomic E-state index is 4.59. The molecule has 15 heavy (non-hydrogen) atoms. The molecule has 1 N–H and O–H groups in total. The number of nitrogens with one attached hydrogen (secondary N) is 1. The van der Waals surface area contributed by atoms with E-state index >= 15 is 0 Å². The summed E-state index contributed by atoms with van der Waals surface area (Å²) < 4.78 is 0. The number of aromatic nitrogens is 2. The Bertz CT molecular complexity index is 650. The van der Waals surface area contributed by atoms with Gasteiger partial charge in [-0.3, -0.25) is 4.98 Å². The molecular formula is C13H12N2. The van der Waals surface area contributed by atoms with E-state index in [9.17, 15) is 0 Å². The Balaban J connectivity index is 2.56. The van der Waals surface area contributed by atoms with Crippen molar-refractivity contribution in [2.45, 2.75) is 13.8 Å². The van der Waals surface area contributed by atoms with Crippen molar-refractivity contribution in [3.63, 3.8) is 0 Å². The predicted octanol–water partition coefficient (Wildman–Crippen LogP) is 3.33. The van der Waals surface area contributed by atoms with Crippen LogP contribution in [0.5, 0.6) is 0 Å². The summed E-state index contributed by atoms with van der Waals surface area (Å²) in [6.45, 7) is 4.09. The highest BCUT2D eigenvalue weighted by Crippen LogP contribution is 2.23. The van der Waals surface area contributed by atoms with Gasteiger partial charge in [-0.2, -0.15) is 0 Å². The SMILES string of the molecule is Cc1ccc2ccc3cc(C)[nH]c3c2n1. The molecule has 2 heteroatoms. The smallest absolute Gasteiger partial charge is 0.0945 e. The second-order valence-corrected chi connectivity index (χ2v) is 4.01. The zero-order valence-corrected chi connectivity index (χ0v) is 8.83. The molecule has 2 heterocycles. The lowest BCUT2D eigenvalue weighted by Crippen LogP contribution is -1.84. The van der Waals surface area contributed by atoms with Crippen LogP contribution < -0.4 is 0 Å². The molecule has 1 aromatic carbocycles. The Kier molecular flexibility index (Phi) is 1.60. The van der Waals surface area contributed by atoms with Crippen molar-refractivity contribution >= 4 is 21.8 Å². The average molecular weight is 196 g/mol. The fourth-order valence-corrected chi connectivity index (χ4v) is 2.02. The van der Waals surface area contributed by atoms with E-state index in [-0.39, 0.29) is 0 Å². The zero-order valence-electron chi connectivity index (χ0n) is 8.83. The maximum absolute atomic E-state index is 4.59. The van der Waals surface area contributed by atoms with E-state index in [1.54, 1.807) is 0 Å². The number of nitrogens with zero attached hydrogens (tertiary/aromatic N) is 1. The number of H-pyrrole nitrogens is 1. The molecule has 0 saturated heterocycles. The summed E-state index contributed by atoms with van der Waals surface area (Å²) in [7, 11) is 0. The molecule has 74 valence electrons. The van der Waals surface area contributed by atoms with Gasteiger partial charge in [-0.1, -0.05) is 18.2 Å². The van der Waals surface area contributed by atoms with Crippen LogP contribution >= 0.6 is 0 Å². The lowest BCUT2D eigenvalue weighted by Gasteiger charge is -2.00. The van der Waals surface area contributed by atoms with Gasteiger partial charge in [-0.05, 0) is 26.0 Å². The van der Waals surface area contributed by atoms with Gasteiger partial charge in [0.1, 0.15) is 0 Å². The molecule has 0 unspecified atom stereocenters. The van der Waals surface area contributed by atoms with Gasteiger partial charge in [0.15, 0.2) is 0 Å². The molecule has 0 radical (unpaired) electrons. The van der Waals surface area contributed by atoms with E-state index in [0.717, 1.165) is 16.7 Å². The first-order valence-corrected chi connectivity index (χ1v) is 5.10. The second-order valence-electron chi connectivity index (χ2n) is 4.01. The highest BCUT2D eigenvalue weighted by Gasteiger charge is 2.03. The second kappa shape index (κ2) is 2.83. The highest BCUT2D eigenvalue weighted by atomic mass is 14.8. The third-order valence-electron chi connectivity index (χ3n) is 2.73. The number of aromatic amines is 1. The van der Waals surface area contributed by atoms with Gasteiger partial charge in [0.2, 0.25) is 0 Å². The number of benzene rings is 1. The van der Waals surface area contributed by atoms with Crippen LogP contribution in [-0.4, -0.2) is 9.97 Å². The van der Waals surface area contributed by atoms with Gasteiger partial charge in [-0.25, -0.2) is 0 Å². The number of pyridine rings is 1. The van der Waals surface area contributed by atoms with Gasteiger partial charge in [-0.15, -0.1) is 0 Å². The first-order valence-electron chi connectivity index (χ1n) is 5.10. The van der Waals surface area contributed by atoms with Crippen LogP contribution in [0.1, 0.15) is 11.4 Å². The van der Waals surface area contributed by atoms with E-state index in [4.69, 9.17) is 0 Å². The summed E-state index contributed by atoms with van der Waals surface area (Å²) in [5.74, 6) is 0. The van der Waals surface area contributed by atoms with Crippen molar-refractivity contribution in [2.24, 2.45) is 0 Å². The van der Waals surface area contributed by atoms with Gasteiger partial charge >= 0.3 is 0 Å². The summed E-state index contributed by atoms with van der Waals surface area (Å²) in [6, 6.07) is 10.6. The Hall–Kier alpha value is -1.83. The first kappa shape index (κ1) is 8.48. The molecule has 0 aliphatic heterocycles. The number of fused-ring (bicyclic) bond motifs is 3. The van der Waals surface area contributed by atoms with E-state index in [1.165, 1.54) is 16.5 Å². The maximum Gasteiger partial charge on any atom is 0.0945 e. The molecular weight excluding hydrogens is 184 g/mol. The summed E-state index contributed by atoms with van der Waals surface area (Å²) in [4.78, 5) is 7.95. The van der Waals surface area contributed by atoms with E-state index < -0.39 is 0 Å². The fourth-order valence-electron chi connectivity index (χ4n) is 2.02. The van der Waals surface area contributed by atoms with Crippen molar-refractivity contribution < 1.29 is 0 Å². The van der Waals surface area contributed by atoms with Crippen LogP contribution in [0.3, 0.4) is 0 Å². The number of hydrogen-bond donors (Lipinski definition) is 1. The summed E-state index contributed by atoms with van der Waals surface area (Å²) >= 11 is 0. The van der Waals surface area contributed by atoms with E-state index in [1.807, 2.05) is 13.0 Å². The summed E-state index contributed by atoms with van der Waals surface area (Å²) in [5.41, 5.74) is 4.46. The molecule has 0 saturated carbocycles. The normalized spacial score (nSPS) is 11.3. The lowest BCUT2D eigenvalue weighted by molar-refractivity contribution is 1.25. The Morgan fingerprint density at radius 1 is 1.00 bits per heavy atom. The topological polar surface area (TPSA) is 28.7 Å². The molecule has 2 nitrogen and oxygen atoms in total. The largest absolute Gasteiger partial charge is 0.357 e. The standard InChI is InChI=1S/C13H12N2/c1-8-3-4-10-5-6-11-7-9(2)15-13(11)12(10)14-8/h3-7,15H,1-2H3. The molecule has 0 fully saturated rings. The highest BCUT2D eigenvalue weighted by molar-refractivity contribution is 6.03. The molecule has 0 atom stereocenters. The fraction of sp³-hybridized carbons (Fsp3) is 0.154. The number of hydrogen-bond acceptors (Lipinski definition) is 1. The molecule has 3 aromatic rings. The Labute approximate surface area is 88.0 Å². The van der Waals surface area contributed by atoms with Crippen LogP contribution in [0.15, 0.2) is 30.3 Å². The van der Waals surface area contributed by atoms with Crippen molar-refractivity contribution in [1.82, 2.24) is 9.97 Å². The molecule has 2 aromatic heterocycles. The van der Waals surface area contributed by atoms with Crippen LogP contribution in [0.25, 0.3) is 21.8 Å². The third kappa shape index (κ3) is 1.22. The third-order valence-corrected chi connectivity index (χ3v) is 2.73. The van der Waals surface area contributed by atoms with Crippen molar-refractivity contribution in [3.05, 3.63) is 41.7 Å². The van der Waals surface area contributed by atoms with Crippen molar-refractivity contribution in [1.29, 1.82) is 0 Å². The van der Waals surface area contributed by atoms with Crippen molar-refractivity contribution in [3.8, 4) is 0 Å². The quantitative estimate of drug-likeness (QED) is 0.587. The Morgan fingerprint density at radius 2 is 1.73 bits per heavy atom. The van der Waals surface area contributed by atoms with Crippen LogP contribution in [0, 0.1) is 13.8 Å². The summed E-state index contributed by atoms with van der Waals surface area (Å²) in [5, 5.41) is 2.42. The molecule has 0 amide bonds. The molecule has 0 bridgehead atoms. The number of rotatable bonds is 0. The molecule has 0 spiro atoms. The van der Waals surface area contributed by atoms with Crippen LogP contribution in [-0.2, 0) is 0 Å². The van der Waals surface area contributed by atoms with Gasteiger partial charge in [0, 0.05) is 22.2 Å². The number of aryl methyl sites for hydroxylation is 2. The van der Waals surface area contributed by atoms with Gasteiger partial charge < -0.3 is 4.98 Å².